The number of nitrogens with zero attached hydrogens (tertiary/aromatic N) is 4. The molecule has 7 heteroatoms. The lowest BCUT2D eigenvalue weighted by molar-refractivity contribution is 0.0932. The highest BCUT2D eigenvalue weighted by Crippen LogP contribution is 2.22. The van der Waals surface area contributed by atoms with Crippen molar-refractivity contribution in [2.24, 2.45) is 0 Å². The molecule has 1 unspecified atom stereocenters. The van der Waals surface area contributed by atoms with Crippen LogP contribution in [-0.4, -0.2) is 25.5 Å². The number of hydrogen-bond acceptors (Lipinski definition) is 4. The standard InChI is InChI=1S/C25H27N5O2/c1-4-30-19(3)23(16-26-30)18(2)27-25(31)24-14-15-29(28-24)17-32-22-12-10-21(11-13-22)20-8-6-5-7-9-20/h5-16,18H,4,17H2,1-3H3,(H,27,31). The third-order valence-electron chi connectivity index (χ3n) is 5.45. The second-order valence-corrected chi connectivity index (χ2v) is 7.60. The van der Waals surface area contributed by atoms with E-state index in [1.54, 1.807) is 23.1 Å². The van der Waals surface area contributed by atoms with Crippen LogP contribution < -0.4 is 10.1 Å². The molecule has 32 heavy (non-hydrogen) atoms. The summed E-state index contributed by atoms with van der Waals surface area (Å²) in [6, 6.07) is 19.6. The van der Waals surface area contributed by atoms with Crippen molar-refractivity contribution in [2.45, 2.75) is 40.1 Å². The molecule has 0 aliphatic heterocycles. The summed E-state index contributed by atoms with van der Waals surface area (Å²) < 4.78 is 9.33. The number of amides is 1. The molecule has 4 aromatic rings. The lowest BCUT2D eigenvalue weighted by atomic mass is 10.1. The van der Waals surface area contributed by atoms with Crippen LogP contribution in [0.4, 0.5) is 0 Å². The van der Waals surface area contributed by atoms with Gasteiger partial charge in [-0.15, -0.1) is 0 Å². The topological polar surface area (TPSA) is 74.0 Å². The van der Waals surface area contributed by atoms with Gasteiger partial charge < -0.3 is 10.1 Å². The number of nitrogens with one attached hydrogen (secondary N) is 1. The molecule has 4 rings (SSSR count). The van der Waals surface area contributed by atoms with Gasteiger partial charge >= 0.3 is 0 Å². The molecule has 0 saturated carbocycles. The third-order valence-corrected chi connectivity index (χ3v) is 5.45. The molecule has 2 aromatic carbocycles. The van der Waals surface area contributed by atoms with Crippen LogP contribution in [0.25, 0.3) is 11.1 Å². The Morgan fingerprint density at radius 2 is 1.78 bits per heavy atom. The van der Waals surface area contributed by atoms with Gasteiger partial charge in [0, 0.05) is 24.0 Å². The highest BCUT2D eigenvalue weighted by atomic mass is 16.5. The molecule has 2 aromatic heterocycles. The van der Waals surface area contributed by atoms with Crippen molar-refractivity contribution < 1.29 is 9.53 Å². The Morgan fingerprint density at radius 3 is 2.47 bits per heavy atom. The molecular weight excluding hydrogens is 402 g/mol. The van der Waals surface area contributed by atoms with E-state index < -0.39 is 0 Å². The molecule has 1 atom stereocenters. The molecule has 0 spiro atoms. The Balaban J connectivity index is 1.33. The maximum absolute atomic E-state index is 12.6. The molecule has 0 saturated heterocycles. The van der Waals surface area contributed by atoms with Gasteiger partial charge in [-0.2, -0.15) is 10.2 Å². The number of carbonyl (C=O) groups excluding carboxylic acids is 1. The molecular formula is C25H27N5O2. The van der Waals surface area contributed by atoms with Gasteiger partial charge in [-0.3, -0.25) is 9.48 Å². The van der Waals surface area contributed by atoms with Crippen molar-refractivity contribution in [3.05, 3.63) is 90.0 Å². The average molecular weight is 430 g/mol. The van der Waals surface area contributed by atoms with Gasteiger partial charge in [0.05, 0.1) is 12.2 Å². The highest BCUT2D eigenvalue weighted by Gasteiger charge is 2.17. The second kappa shape index (κ2) is 9.51. The largest absolute Gasteiger partial charge is 0.471 e. The molecule has 164 valence electrons. The second-order valence-electron chi connectivity index (χ2n) is 7.60. The first-order chi connectivity index (χ1) is 15.5. The van der Waals surface area contributed by atoms with Crippen LogP contribution in [0, 0.1) is 6.92 Å². The zero-order valence-corrected chi connectivity index (χ0v) is 18.5. The van der Waals surface area contributed by atoms with Crippen LogP contribution in [0.5, 0.6) is 5.75 Å². The smallest absolute Gasteiger partial charge is 0.272 e. The summed E-state index contributed by atoms with van der Waals surface area (Å²) in [7, 11) is 0. The fourth-order valence-corrected chi connectivity index (χ4v) is 3.62. The summed E-state index contributed by atoms with van der Waals surface area (Å²) >= 11 is 0. The molecule has 2 heterocycles. The molecule has 0 aliphatic rings. The lowest BCUT2D eigenvalue weighted by Crippen LogP contribution is -2.27. The summed E-state index contributed by atoms with van der Waals surface area (Å²) in [5.41, 5.74) is 4.69. The maximum Gasteiger partial charge on any atom is 0.272 e. The van der Waals surface area contributed by atoms with Gasteiger partial charge in [0.2, 0.25) is 0 Å². The van der Waals surface area contributed by atoms with Gasteiger partial charge in [0.1, 0.15) is 11.4 Å². The monoisotopic (exact) mass is 429 g/mol. The Bertz CT molecular complexity index is 1180. The minimum atomic E-state index is -0.230. The fourth-order valence-electron chi connectivity index (χ4n) is 3.62. The number of aromatic nitrogens is 4. The third kappa shape index (κ3) is 4.72. The molecule has 0 aliphatic carbocycles. The summed E-state index contributed by atoms with van der Waals surface area (Å²) in [5, 5.41) is 11.7. The van der Waals surface area contributed by atoms with Crippen LogP contribution in [0.2, 0.25) is 0 Å². The summed E-state index contributed by atoms with van der Waals surface area (Å²) in [5.74, 6) is 0.510. The van der Waals surface area contributed by atoms with E-state index in [-0.39, 0.29) is 18.7 Å². The normalized spacial score (nSPS) is 11.8. The van der Waals surface area contributed by atoms with Gasteiger partial charge in [0.25, 0.3) is 5.91 Å². The molecule has 1 amide bonds. The predicted octanol–water partition coefficient (Wildman–Crippen LogP) is 4.60. The van der Waals surface area contributed by atoms with Crippen LogP contribution in [0.1, 0.15) is 41.6 Å². The highest BCUT2D eigenvalue weighted by molar-refractivity contribution is 5.92. The molecule has 0 bridgehead atoms. The van der Waals surface area contributed by atoms with Crippen LogP contribution in [-0.2, 0) is 13.3 Å². The Labute approximate surface area is 187 Å². The van der Waals surface area contributed by atoms with E-state index in [1.807, 2.05) is 67.9 Å². The van der Waals surface area contributed by atoms with Gasteiger partial charge in [-0.1, -0.05) is 42.5 Å². The Kier molecular flexibility index (Phi) is 6.35. The number of hydrogen-bond donors (Lipinski definition) is 1. The van der Waals surface area contributed by atoms with E-state index in [4.69, 9.17) is 4.74 Å². The van der Waals surface area contributed by atoms with Crippen molar-refractivity contribution in [1.29, 1.82) is 0 Å². The first-order valence-electron chi connectivity index (χ1n) is 10.7. The van der Waals surface area contributed by atoms with Crippen molar-refractivity contribution in [3.8, 4) is 16.9 Å². The number of rotatable bonds is 8. The fraction of sp³-hybridized carbons (Fsp3) is 0.240. The van der Waals surface area contributed by atoms with E-state index in [2.05, 4.69) is 27.6 Å². The van der Waals surface area contributed by atoms with Gasteiger partial charge in [-0.05, 0) is 50.1 Å². The summed E-state index contributed by atoms with van der Waals surface area (Å²) in [6.07, 6.45) is 3.54. The maximum atomic E-state index is 12.6. The first-order valence-corrected chi connectivity index (χ1v) is 10.7. The number of aryl methyl sites for hydroxylation is 1. The zero-order valence-electron chi connectivity index (χ0n) is 18.5. The van der Waals surface area contributed by atoms with E-state index in [0.29, 0.717) is 5.69 Å². The quantitative estimate of drug-likeness (QED) is 0.444. The molecule has 0 radical (unpaired) electrons. The van der Waals surface area contributed by atoms with E-state index in [0.717, 1.165) is 34.7 Å². The van der Waals surface area contributed by atoms with Gasteiger partial charge in [0.15, 0.2) is 6.73 Å². The lowest BCUT2D eigenvalue weighted by Gasteiger charge is -2.13. The Hall–Kier alpha value is -3.87. The van der Waals surface area contributed by atoms with E-state index >= 15 is 0 Å². The molecule has 1 N–H and O–H groups in total. The van der Waals surface area contributed by atoms with Crippen molar-refractivity contribution in [2.75, 3.05) is 0 Å². The van der Waals surface area contributed by atoms with Crippen LogP contribution in [0.15, 0.2) is 73.1 Å². The number of carbonyl (C=O) groups is 1. The summed E-state index contributed by atoms with van der Waals surface area (Å²) in [6.45, 7) is 7.01. The van der Waals surface area contributed by atoms with Crippen molar-refractivity contribution >= 4 is 5.91 Å². The van der Waals surface area contributed by atoms with Gasteiger partial charge in [-0.25, -0.2) is 4.68 Å². The number of ether oxygens (including phenoxy) is 1. The van der Waals surface area contributed by atoms with Crippen molar-refractivity contribution in [3.63, 3.8) is 0 Å². The molecule has 7 nitrogen and oxygen atoms in total. The van der Waals surface area contributed by atoms with Crippen LogP contribution >= 0.6 is 0 Å². The van der Waals surface area contributed by atoms with E-state index in [1.165, 1.54) is 0 Å². The predicted molar refractivity (Wildman–Crippen MR) is 123 cm³/mol. The summed E-state index contributed by atoms with van der Waals surface area (Å²) in [4.78, 5) is 12.6. The number of benzene rings is 2. The Morgan fingerprint density at radius 1 is 1.06 bits per heavy atom. The first kappa shape index (κ1) is 21.4. The zero-order chi connectivity index (χ0) is 22.5. The minimum absolute atomic E-state index is 0.160. The van der Waals surface area contributed by atoms with Crippen molar-refractivity contribution in [1.82, 2.24) is 24.9 Å². The average Bonchev–Trinajstić information content (AvgIpc) is 3.45. The SMILES string of the molecule is CCn1ncc(C(C)NC(=O)c2ccn(COc3ccc(-c4ccccc4)cc3)n2)c1C. The van der Waals surface area contributed by atoms with E-state index in [9.17, 15) is 4.79 Å². The minimum Gasteiger partial charge on any atom is -0.471 e. The van der Waals surface area contributed by atoms with Crippen LogP contribution in [0.3, 0.4) is 0 Å². The molecule has 0 fully saturated rings.